The number of anilines is 1. The highest BCUT2D eigenvalue weighted by molar-refractivity contribution is 7.89. The molecule has 3 N–H and O–H groups in total. The maximum atomic E-state index is 12.1. The van der Waals surface area contributed by atoms with Gasteiger partial charge < -0.3 is 10.6 Å². The van der Waals surface area contributed by atoms with E-state index in [1.165, 1.54) is 12.3 Å². The molecule has 0 aromatic carbocycles. The van der Waals surface area contributed by atoms with Gasteiger partial charge in [0.15, 0.2) is 0 Å². The average molecular weight is 319 g/mol. The van der Waals surface area contributed by atoms with Crippen LogP contribution in [0.15, 0.2) is 17.2 Å². The van der Waals surface area contributed by atoms with Crippen LogP contribution in [0.5, 0.6) is 0 Å². The molecule has 1 aliphatic rings. The Morgan fingerprint density at radius 2 is 2.15 bits per heavy atom. The smallest absolute Gasteiger partial charge is 0.242 e. The number of hydrogen-bond donors (Lipinski definition) is 2. The first-order valence-corrected chi connectivity index (χ1v) is 8.34. The third-order valence-corrected chi connectivity index (χ3v) is 5.25. The minimum atomic E-state index is -3.58. The number of likely N-dealkylation sites (tertiary alicyclic amines) is 1. The summed E-state index contributed by atoms with van der Waals surface area (Å²) in [6, 6.07) is 1.32. The van der Waals surface area contributed by atoms with E-state index in [9.17, 15) is 8.42 Å². The van der Waals surface area contributed by atoms with Gasteiger partial charge in [-0.1, -0.05) is 11.6 Å². The van der Waals surface area contributed by atoms with E-state index >= 15 is 0 Å². The minimum absolute atomic E-state index is 0.0460. The molecule has 0 unspecified atom stereocenters. The Hall–Kier alpha value is -0.890. The van der Waals surface area contributed by atoms with E-state index in [0.717, 1.165) is 25.9 Å². The van der Waals surface area contributed by atoms with Crippen molar-refractivity contribution < 1.29 is 8.42 Å². The molecule has 1 aromatic rings. The summed E-state index contributed by atoms with van der Waals surface area (Å²) in [6.45, 7) is 2.45. The molecule has 1 aliphatic heterocycles. The number of aromatic nitrogens is 1. The summed E-state index contributed by atoms with van der Waals surface area (Å²) >= 11 is 5.80. The van der Waals surface area contributed by atoms with Gasteiger partial charge in [0.05, 0.1) is 5.02 Å². The number of halogens is 1. The predicted molar refractivity (Wildman–Crippen MR) is 79.1 cm³/mol. The minimum Gasteiger partial charge on any atom is -0.382 e. The summed E-state index contributed by atoms with van der Waals surface area (Å²) in [4.78, 5) is 6.06. The lowest BCUT2D eigenvalue weighted by Crippen LogP contribution is -2.36. The Morgan fingerprint density at radius 3 is 2.75 bits per heavy atom. The van der Waals surface area contributed by atoms with Gasteiger partial charge in [0.2, 0.25) is 10.0 Å². The van der Waals surface area contributed by atoms with Crippen molar-refractivity contribution in [2.75, 3.05) is 32.4 Å². The zero-order valence-corrected chi connectivity index (χ0v) is 12.9. The van der Waals surface area contributed by atoms with Crippen LogP contribution in [0.2, 0.25) is 5.02 Å². The Labute approximate surface area is 124 Å². The van der Waals surface area contributed by atoms with E-state index in [0.29, 0.717) is 12.5 Å². The molecule has 0 spiro atoms. The monoisotopic (exact) mass is 318 g/mol. The van der Waals surface area contributed by atoms with Gasteiger partial charge in [0.1, 0.15) is 10.7 Å². The first kappa shape index (κ1) is 15.5. The molecule has 0 radical (unpaired) electrons. The van der Waals surface area contributed by atoms with E-state index in [1.54, 1.807) is 0 Å². The Bertz CT molecular complexity index is 571. The van der Waals surface area contributed by atoms with Crippen molar-refractivity contribution in [3.63, 3.8) is 0 Å². The average Bonchev–Trinajstić information content (AvgIpc) is 2.41. The standard InChI is InChI=1S/C12H19ClN4O2S/c1-17-4-2-9(3-5-17)7-16-20(18,19)10-6-11(13)12(14)15-8-10/h6,8-9,16H,2-5,7H2,1H3,(H2,14,15). The summed E-state index contributed by atoms with van der Waals surface area (Å²) in [5.41, 5.74) is 5.47. The molecule has 0 bridgehead atoms. The van der Waals surface area contributed by atoms with E-state index in [-0.39, 0.29) is 15.7 Å². The SMILES string of the molecule is CN1CCC(CNS(=O)(=O)c2cnc(N)c(Cl)c2)CC1. The van der Waals surface area contributed by atoms with Crippen LogP contribution in [-0.2, 0) is 10.0 Å². The van der Waals surface area contributed by atoms with Gasteiger partial charge in [0, 0.05) is 12.7 Å². The highest BCUT2D eigenvalue weighted by Gasteiger charge is 2.21. The molecule has 112 valence electrons. The molecule has 0 amide bonds. The molecular weight excluding hydrogens is 300 g/mol. The molecule has 2 rings (SSSR count). The summed E-state index contributed by atoms with van der Waals surface area (Å²) in [5, 5.41) is 0.146. The van der Waals surface area contributed by atoms with Gasteiger partial charge in [-0.25, -0.2) is 18.1 Å². The van der Waals surface area contributed by atoms with Gasteiger partial charge in [0.25, 0.3) is 0 Å². The Balaban J connectivity index is 1.98. The van der Waals surface area contributed by atoms with Crippen LogP contribution in [0.3, 0.4) is 0 Å². The zero-order valence-electron chi connectivity index (χ0n) is 11.3. The number of sulfonamides is 1. The van der Waals surface area contributed by atoms with Crippen LogP contribution in [0.25, 0.3) is 0 Å². The number of rotatable bonds is 4. The fourth-order valence-corrected chi connectivity index (χ4v) is 3.47. The van der Waals surface area contributed by atoms with Crippen LogP contribution < -0.4 is 10.5 Å². The third kappa shape index (κ3) is 3.82. The molecular formula is C12H19ClN4O2S. The van der Waals surface area contributed by atoms with Crippen LogP contribution in [-0.4, -0.2) is 45.0 Å². The molecule has 0 saturated carbocycles. The maximum absolute atomic E-state index is 12.1. The van der Waals surface area contributed by atoms with Crippen molar-refractivity contribution in [2.45, 2.75) is 17.7 Å². The van der Waals surface area contributed by atoms with Crippen molar-refractivity contribution >= 4 is 27.4 Å². The predicted octanol–water partition coefficient (Wildman–Crippen LogP) is 0.937. The lowest BCUT2D eigenvalue weighted by atomic mass is 9.98. The van der Waals surface area contributed by atoms with Crippen molar-refractivity contribution in [2.24, 2.45) is 5.92 Å². The number of nitrogen functional groups attached to an aromatic ring is 1. The zero-order chi connectivity index (χ0) is 14.8. The van der Waals surface area contributed by atoms with Gasteiger partial charge in [-0.15, -0.1) is 0 Å². The van der Waals surface area contributed by atoms with Crippen LogP contribution in [0.1, 0.15) is 12.8 Å². The van der Waals surface area contributed by atoms with Crippen LogP contribution >= 0.6 is 11.6 Å². The van der Waals surface area contributed by atoms with Crippen molar-refractivity contribution in [1.82, 2.24) is 14.6 Å². The quantitative estimate of drug-likeness (QED) is 0.862. The molecule has 1 aromatic heterocycles. The number of piperidine rings is 1. The second kappa shape index (κ2) is 6.26. The molecule has 8 heteroatoms. The van der Waals surface area contributed by atoms with Crippen molar-refractivity contribution in [3.05, 3.63) is 17.3 Å². The summed E-state index contributed by atoms with van der Waals surface area (Å²) in [6.07, 6.45) is 3.22. The second-order valence-corrected chi connectivity index (χ2v) is 7.31. The van der Waals surface area contributed by atoms with Crippen LogP contribution in [0.4, 0.5) is 5.82 Å². The number of hydrogen-bond acceptors (Lipinski definition) is 5. The number of nitrogens with one attached hydrogen (secondary N) is 1. The van der Waals surface area contributed by atoms with Gasteiger partial charge >= 0.3 is 0 Å². The highest BCUT2D eigenvalue weighted by atomic mass is 35.5. The van der Waals surface area contributed by atoms with Gasteiger partial charge in [-0.2, -0.15) is 0 Å². The number of pyridine rings is 1. The summed E-state index contributed by atoms with van der Waals surface area (Å²) < 4.78 is 26.9. The highest BCUT2D eigenvalue weighted by Crippen LogP contribution is 2.20. The first-order chi connectivity index (χ1) is 9.38. The largest absolute Gasteiger partial charge is 0.382 e. The van der Waals surface area contributed by atoms with E-state index < -0.39 is 10.0 Å². The third-order valence-electron chi connectivity index (χ3n) is 3.56. The van der Waals surface area contributed by atoms with E-state index in [1.807, 2.05) is 0 Å². The van der Waals surface area contributed by atoms with Crippen LogP contribution in [0, 0.1) is 5.92 Å². The Morgan fingerprint density at radius 1 is 1.50 bits per heavy atom. The lowest BCUT2D eigenvalue weighted by molar-refractivity contribution is 0.220. The van der Waals surface area contributed by atoms with Crippen molar-refractivity contribution in [3.8, 4) is 0 Å². The van der Waals surface area contributed by atoms with E-state index in [2.05, 4.69) is 21.7 Å². The molecule has 0 atom stereocenters. The summed E-state index contributed by atoms with van der Waals surface area (Å²) in [5.74, 6) is 0.499. The number of nitrogens with zero attached hydrogens (tertiary/aromatic N) is 2. The van der Waals surface area contributed by atoms with Gasteiger partial charge in [-0.3, -0.25) is 0 Å². The number of nitrogens with two attached hydrogens (primary N) is 1. The Kier molecular flexibility index (Phi) is 4.85. The lowest BCUT2D eigenvalue weighted by Gasteiger charge is -2.28. The van der Waals surface area contributed by atoms with Gasteiger partial charge in [-0.05, 0) is 45.0 Å². The second-order valence-electron chi connectivity index (χ2n) is 5.14. The molecule has 2 heterocycles. The molecule has 1 saturated heterocycles. The molecule has 6 nitrogen and oxygen atoms in total. The van der Waals surface area contributed by atoms with Crippen molar-refractivity contribution in [1.29, 1.82) is 0 Å². The summed E-state index contributed by atoms with van der Waals surface area (Å²) in [7, 11) is -1.51. The maximum Gasteiger partial charge on any atom is 0.242 e. The topological polar surface area (TPSA) is 88.3 Å². The fraction of sp³-hybridized carbons (Fsp3) is 0.583. The first-order valence-electron chi connectivity index (χ1n) is 6.48. The normalized spacial score (nSPS) is 18.3. The van der Waals surface area contributed by atoms with E-state index in [4.69, 9.17) is 17.3 Å². The fourth-order valence-electron chi connectivity index (χ4n) is 2.15. The molecule has 1 fully saturated rings. The molecule has 0 aliphatic carbocycles. The molecule has 20 heavy (non-hydrogen) atoms.